The topological polar surface area (TPSA) is 30.0 Å². The minimum atomic E-state index is -4.49. The molecule has 0 spiro atoms. The Labute approximate surface area is 155 Å². The van der Waals surface area contributed by atoms with Crippen LogP contribution in [0.5, 0.6) is 0 Å². The van der Waals surface area contributed by atoms with E-state index in [9.17, 15) is 31.1 Å². The predicted octanol–water partition coefficient (Wildman–Crippen LogP) is 6.27. The van der Waals surface area contributed by atoms with Gasteiger partial charge < -0.3 is 0 Å². The third-order valence-electron chi connectivity index (χ3n) is 4.10. The van der Waals surface area contributed by atoms with Gasteiger partial charge in [0, 0.05) is 17.3 Å². The lowest BCUT2D eigenvalue weighted by atomic mass is 9.98. The molecule has 1 aromatic heterocycles. The van der Waals surface area contributed by atoms with Crippen molar-refractivity contribution in [2.24, 2.45) is 0 Å². The van der Waals surface area contributed by atoms with Gasteiger partial charge in [0.25, 0.3) is 0 Å². The Morgan fingerprint density at radius 3 is 1.57 bits per heavy atom. The lowest BCUT2D eigenvalue weighted by Gasteiger charge is -2.11. The molecule has 28 heavy (non-hydrogen) atoms. The molecule has 0 fully saturated rings. The van der Waals surface area contributed by atoms with E-state index in [1.165, 1.54) is 36.5 Å². The van der Waals surface area contributed by atoms with Crippen molar-refractivity contribution in [1.82, 2.24) is 4.98 Å². The molecule has 0 aliphatic carbocycles. The summed E-state index contributed by atoms with van der Waals surface area (Å²) in [5.41, 5.74) is -0.180. The second-order valence-electron chi connectivity index (χ2n) is 5.92. The summed E-state index contributed by atoms with van der Waals surface area (Å²) >= 11 is 0. The average molecular weight is 395 g/mol. The third kappa shape index (κ3) is 4.05. The van der Waals surface area contributed by atoms with E-state index in [-0.39, 0.29) is 11.3 Å². The number of aromatic nitrogens is 1. The second kappa shape index (κ2) is 7.10. The summed E-state index contributed by atoms with van der Waals surface area (Å²) in [6.45, 7) is 0. The largest absolute Gasteiger partial charge is 0.416 e. The number of aldehydes is 1. The zero-order valence-corrected chi connectivity index (χ0v) is 14.0. The normalized spacial score (nSPS) is 12.1. The number of hydrogen-bond acceptors (Lipinski definition) is 2. The minimum Gasteiger partial charge on any atom is -0.296 e. The Hall–Kier alpha value is -3.16. The molecule has 144 valence electrons. The maximum atomic E-state index is 12.7. The van der Waals surface area contributed by atoms with Gasteiger partial charge in [0.15, 0.2) is 6.29 Å². The number of carbonyl (C=O) groups is 1. The number of alkyl halides is 6. The number of hydrogen-bond donors (Lipinski definition) is 0. The van der Waals surface area contributed by atoms with Gasteiger partial charge in [0.1, 0.15) is 5.69 Å². The molecule has 2 nitrogen and oxygen atoms in total. The minimum absolute atomic E-state index is 0.00965. The van der Waals surface area contributed by atoms with Crippen LogP contribution >= 0.6 is 0 Å². The van der Waals surface area contributed by atoms with Gasteiger partial charge in [0.2, 0.25) is 0 Å². The van der Waals surface area contributed by atoms with Gasteiger partial charge in [-0.2, -0.15) is 26.3 Å². The van der Waals surface area contributed by atoms with E-state index in [0.29, 0.717) is 23.0 Å². The lowest BCUT2D eigenvalue weighted by Crippen LogP contribution is -2.04. The van der Waals surface area contributed by atoms with Crippen molar-refractivity contribution in [1.29, 1.82) is 0 Å². The number of halogens is 6. The summed E-state index contributed by atoms with van der Waals surface area (Å²) in [5.74, 6) is 0. The molecule has 0 saturated heterocycles. The Kier molecular flexibility index (Phi) is 4.97. The van der Waals surface area contributed by atoms with Crippen LogP contribution in [0, 0.1) is 0 Å². The molecule has 0 amide bonds. The van der Waals surface area contributed by atoms with E-state index >= 15 is 0 Å². The highest BCUT2D eigenvalue weighted by molar-refractivity contribution is 5.87. The highest BCUT2D eigenvalue weighted by Crippen LogP contribution is 2.34. The van der Waals surface area contributed by atoms with Crippen LogP contribution in [-0.2, 0) is 12.4 Å². The van der Waals surface area contributed by atoms with Crippen molar-refractivity contribution in [3.05, 3.63) is 77.6 Å². The SMILES string of the molecule is O=Cc1ncc(-c2ccc(C(F)(F)F)cc2)cc1-c1ccc(C(F)(F)F)cc1. The smallest absolute Gasteiger partial charge is 0.296 e. The molecule has 0 aliphatic heterocycles. The number of benzene rings is 2. The molecular formula is C20H11F6NO. The van der Waals surface area contributed by atoms with Crippen molar-refractivity contribution in [2.75, 3.05) is 0 Å². The van der Waals surface area contributed by atoms with Crippen LogP contribution in [0.15, 0.2) is 60.8 Å². The van der Waals surface area contributed by atoms with Crippen LogP contribution in [0.4, 0.5) is 26.3 Å². The first-order chi connectivity index (χ1) is 13.1. The van der Waals surface area contributed by atoms with Gasteiger partial charge in [0.05, 0.1) is 11.1 Å². The first-order valence-electron chi connectivity index (χ1n) is 7.90. The first-order valence-corrected chi connectivity index (χ1v) is 7.90. The van der Waals surface area contributed by atoms with E-state index in [2.05, 4.69) is 4.98 Å². The summed E-state index contributed by atoms with van der Waals surface area (Å²) in [5, 5.41) is 0. The summed E-state index contributed by atoms with van der Waals surface area (Å²) in [6.07, 6.45) is -7.18. The summed E-state index contributed by atoms with van der Waals surface area (Å²) < 4.78 is 76.2. The van der Waals surface area contributed by atoms with E-state index in [1.54, 1.807) is 0 Å². The fraction of sp³-hybridized carbons (Fsp3) is 0.100. The third-order valence-corrected chi connectivity index (χ3v) is 4.10. The Morgan fingerprint density at radius 2 is 1.14 bits per heavy atom. The molecule has 1 heterocycles. The number of pyridine rings is 1. The van der Waals surface area contributed by atoms with E-state index < -0.39 is 23.5 Å². The Bertz CT molecular complexity index is 989. The highest BCUT2D eigenvalue weighted by Gasteiger charge is 2.31. The average Bonchev–Trinajstić information content (AvgIpc) is 2.66. The summed E-state index contributed by atoms with van der Waals surface area (Å²) in [6, 6.07) is 10.0. The van der Waals surface area contributed by atoms with Gasteiger partial charge in [-0.05, 0) is 41.5 Å². The van der Waals surface area contributed by atoms with Crippen LogP contribution < -0.4 is 0 Å². The summed E-state index contributed by atoms with van der Waals surface area (Å²) in [4.78, 5) is 15.2. The van der Waals surface area contributed by atoms with Crippen molar-refractivity contribution < 1.29 is 31.1 Å². The van der Waals surface area contributed by atoms with Crippen LogP contribution in [-0.4, -0.2) is 11.3 Å². The molecule has 0 unspecified atom stereocenters. The van der Waals surface area contributed by atoms with Crippen molar-refractivity contribution in [2.45, 2.75) is 12.4 Å². The standard InChI is InChI=1S/C20H11F6NO/c21-19(22,23)15-5-1-12(2-6-15)14-9-17(18(11-28)27-10-14)13-3-7-16(8-4-13)20(24,25)26/h1-11H. The van der Waals surface area contributed by atoms with Gasteiger partial charge in [-0.3, -0.25) is 9.78 Å². The number of carbonyl (C=O) groups excluding carboxylic acids is 1. The van der Waals surface area contributed by atoms with Crippen molar-refractivity contribution in [3.8, 4) is 22.3 Å². The monoisotopic (exact) mass is 395 g/mol. The molecule has 3 aromatic rings. The first kappa shape index (κ1) is 19.6. The molecule has 0 bridgehead atoms. The number of nitrogens with zero attached hydrogens (tertiary/aromatic N) is 1. The van der Waals surface area contributed by atoms with Gasteiger partial charge in [-0.1, -0.05) is 24.3 Å². The van der Waals surface area contributed by atoms with Crippen molar-refractivity contribution >= 4 is 6.29 Å². The van der Waals surface area contributed by atoms with E-state index in [0.717, 1.165) is 24.3 Å². The lowest BCUT2D eigenvalue weighted by molar-refractivity contribution is -0.138. The van der Waals surface area contributed by atoms with Gasteiger partial charge in [-0.25, -0.2) is 0 Å². The van der Waals surface area contributed by atoms with Gasteiger partial charge in [-0.15, -0.1) is 0 Å². The molecule has 0 N–H and O–H groups in total. The van der Waals surface area contributed by atoms with Crippen molar-refractivity contribution in [3.63, 3.8) is 0 Å². The van der Waals surface area contributed by atoms with E-state index in [4.69, 9.17) is 0 Å². The quantitative estimate of drug-likeness (QED) is 0.387. The Morgan fingerprint density at radius 1 is 0.679 bits per heavy atom. The Balaban J connectivity index is 2.02. The van der Waals surface area contributed by atoms with Crippen LogP contribution in [0.1, 0.15) is 21.6 Å². The van der Waals surface area contributed by atoms with Gasteiger partial charge >= 0.3 is 12.4 Å². The maximum absolute atomic E-state index is 12.7. The highest BCUT2D eigenvalue weighted by atomic mass is 19.4. The molecule has 0 saturated carbocycles. The van der Waals surface area contributed by atoms with Crippen LogP contribution in [0.3, 0.4) is 0 Å². The second-order valence-corrected chi connectivity index (χ2v) is 5.92. The molecule has 0 aliphatic rings. The molecule has 2 aromatic carbocycles. The van der Waals surface area contributed by atoms with E-state index in [1.807, 2.05) is 0 Å². The maximum Gasteiger partial charge on any atom is 0.416 e. The number of rotatable bonds is 3. The molecule has 0 atom stereocenters. The molecule has 8 heteroatoms. The van der Waals surface area contributed by atoms with Crippen LogP contribution in [0.25, 0.3) is 22.3 Å². The zero-order valence-electron chi connectivity index (χ0n) is 14.0. The predicted molar refractivity (Wildman–Crippen MR) is 90.5 cm³/mol. The zero-order chi connectivity index (χ0) is 20.5. The fourth-order valence-corrected chi connectivity index (χ4v) is 2.65. The van der Waals surface area contributed by atoms with Crippen LogP contribution in [0.2, 0.25) is 0 Å². The molecular weight excluding hydrogens is 384 g/mol. The summed E-state index contributed by atoms with van der Waals surface area (Å²) in [7, 11) is 0. The molecule has 0 radical (unpaired) electrons. The molecule has 3 rings (SSSR count). The fourth-order valence-electron chi connectivity index (χ4n) is 2.65.